The van der Waals surface area contributed by atoms with Crippen molar-refractivity contribution >= 4 is 39.4 Å². The standard InChI is InChI=1S/C22H25N3OS2/c1-3-17-8-10-19(11-9-17)25(16(2)26)22-23-18(15-28-22)14-24-12-4-6-20(24)21-7-5-13-27-21/h5,7-11,13,15,20H,3-4,6,12,14H2,1-2H3/t20-/m1/s1. The van der Waals surface area contributed by atoms with Gasteiger partial charge in [-0.2, -0.15) is 0 Å². The van der Waals surface area contributed by atoms with Gasteiger partial charge in [0.15, 0.2) is 5.13 Å². The number of benzene rings is 1. The third kappa shape index (κ3) is 4.04. The largest absolute Gasteiger partial charge is 0.290 e. The highest BCUT2D eigenvalue weighted by Gasteiger charge is 2.27. The van der Waals surface area contributed by atoms with E-state index in [0.29, 0.717) is 6.04 Å². The minimum absolute atomic E-state index is 0.0113. The molecule has 0 aliphatic carbocycles. The maximum absolute atomic E-state index is 12.3. The van der Waals surface area contributed by atoms with Crippen molar-refractivity contribution in [2.24, 2.45) is 0 Å². The number of aromatic nitrogens is 1. The van der Waals surface area contributed by atoms with Crippen molar-refractivity contribution in [3.8, 4) is 0 Å². The summed E-state index contributed by atoms with van der Waals surface area (Å²) >= 11 is 3.38. The van der Waals surface area contributed by atoms with E-state index in [1.807, 2.05) is 23.5 Å². The highest BCUT2D eigenvalue weighted by Crippen LogP contribution is 2.36. The number of nitrogens with zero attached hydrogens (tertiary/aromatic N) is 3. The molecule has 1 aliphatic rings. The molecular formula is C22H25N3OS2. The number of hydrogen-bond acceptors (Lipinski definition) is 5. The van der Waals surface area contributed by atoms with Crippen LogP contribution in [-0.4, -0.2) is 22.3 Å². The Morgan fingerprint density at radius 3 is 2.75 bits per heavy atom. The minimum atomic E-state index is -0.0113. The van der Waals surface area contributed by atoms with Crippen LogP contribution in [0.4, 0.5) is 10.8 Å². The van der Waals surface area contributed by atoms with E-state index in [1.54, 1.807) is 23.2 Å². The maximum Gasteiger partial charge on any atom is 0.230 e. The van der Waals surface area contributed by atoms with Crippen LogP contribution in [0.15, 0.2) is 47.2 Å². The first-order valence-corrected chi connectivity index (χ1v) is 11.5. The fraction of sp³-hybridized carbons (Fsp3) is 0.364. The van der Waals surface area contributed by atoms with Crippen LogP contribution in [0.3, 0.4) is 0 Å². The Hall–Kier alpha value is -2.02. The summed E-state index contributed by atoms with van der Waals surface area (Å²) in [6, 6.07) is 13.0. The highest BCUT2D eigenvalue weighted by atomic mass is 32.1. The Morgan fingerprint density at radius 2 is 2.07 bits per heavy atom. The van der Waals surface area contributed by atoms with Gasteiger partial charge in [-0.15, -0.1) is 22.7 Å². The smallest absolute Gasteiger partial charge is 0.230 e. The molecule has 4 rings (SSSR count). The molecule has 1 aromatic carbocycles. The molecule has 3 aromatic rings. The molecule has 0 unspecified atom stereocenters. The second-order valence-corrected chi connectivity index (χ2v) is 8.96. The topological polar surface area (TPSA) is 36.4 Å². The second-order valence-electron chi connectivity index (χ2n) is 7.14. The predicted molar refractivity (Wildman–Crippen MR) is 117 cm³/mol. The SMILES string of the molecule is CCc1ccc(N(C(C)=O)c2nc(CN3CCC[C@@H]3c3cccs3)cs2)cc1. The number of amides is 1. The van der Waals surface area contributed by atoms with Crippen LogP contribution in [0, 0.1) is 0 Å². The average molecular weight is 412 g/mol. The lowest BCUT2D eigenvalue weighted by atomic mass is 10.1. The summed E-state index contributed by atoms with van der Waals surface area (Å²) in [5.41, 5.74) is 3.18. The van der Waals surface area contributed by atoms with Crippen molar-refractivity contribution in [1.29, 1.82) is 0 Å². The Bertz CT molecular complexity index is 918. The van der Waals surface area contributed by atoms with E-state index >= 15 is 0 Å². The molecule has 6 heteroatoms. The minimum Gasteiger partial charge on any atom is -0.290 e. The fourth-order valence-corrected chi connectivity index (χ4v) is 5.58. The zero-order chi connectivity index (χ0) is 19.5. The predicted octanol–water partition coefficient (Wildman–Crippen LogP) is 5.79. The van der Waals surface area contributed by atoms with Crippen molar-refractivity contribution in [2.75, 3.05) is 11.4 Å². The zero-order valence-corrected chi connectivity index (χ0v) is 17.9. The average Bonchev–Trinajstić information content (AvgIpc) is 3.44. The summed E-state index contributed by atoms with van der Waals surface area (Å²) in [4.78, 5) is 22.8. The number of likely N-dealkylation sites (tertiary alicyclic amines) is 1. The number of carbonyl (C=O) groups is 1. The van der Waals surface area contributed by atoms with E-state index in [0.717, 1.165) is 36.0 Å². The first-order chi connectivity index (χ1) is 13.7. The molecule has 28 heavy (non-hydrogen) atoms. The number of hydrogen-bond donors (Lipinski definition) is 0. The molecule has 1 saturated heterocycles. The fourth-order valence-electron chi connectivity index (χ4n) is 3.81. The van der Waals surface area contributed by atoms with Gasteiger partial charge in [0.1, 0.15) is 0 Å². The third-order valence-electron chi connectivity index (χ3n) is 5.25. The number of thiazole rings is 1. The Balaban J connectivity index is 1.52. The molecular weight excluding hydrogens is 386 g/mol. The molecule has 1 amide bonds. The van der Waals surface area contributed by atoms with Crippen LogP contribution in [-0.2, 0) is 17.8 Å². The van der Waals surface area contributed by atoms with Gasteiger partial charge in [0.2, 0.25) is 5.91 Å². The lowest BCUT2D eigenvalue weighted by Crippen LogP contribution is -2.24. The Labute approximate surface area is 174 Å². The summed E-state index contributed by atoms with van der Waals surface area (Å²) in [5, 5.41) is 5.00. The first kappa shape index (κ1) is 19.3. The molecule has 0 radical (unpaired) electrons. The molecule has 4 nitrogen and oxygen atoms in total. The molecule has 1 atom stereocenters. The number of carbonyl (C=O) groups excluding carboxylic acids is 1. The summed E-state index contributed by atoms with van der Waals surface area (Å²) in [6.07, 6.45) is 3.42. The summed E-state index contributed by atoms with van der Waals surface area (Å²) in [6.45, 7) is 5.67. The van der Waals surface area contributed by atoms with Crippen molar-refractivity contribution in [3.63, 3.8) is 0 Å². The monoisotopic (exact) mass is 411 g/mol. The Morgan fingerprint density at radius 1 is 1.25 bits per heavy atom. The number of thiophene rings is 1. The molecule has 0 bridgehead atoms. The van der Waals surface area contributed by atoms with Crippen LogP contribution < -0.4 is 4.90 Å². The van der Waals surface area contributed by atoms with Gasteiger partial charge >= 0.3 is 0 Å². The number of aryl methyl sites for hydroxylation is 1. The normalized spacial score (nSPS) is 17.1. The van der Waals surface area contributed by atoms with Gasteiger partial charge in [0.25, 0.3) is 0 Å². The third-order valence-corrected chi connectivity index (χ3v) is 7.10. The van der Waals surface area contributed by atoms with Gasteiger partial charge < -0.3 is 0 Å². The van der Waals surface area contributed by atoms with Gasteiger partial charge in [0.05, 0.1) is 11.4 Å². The highest BCUT2D eigenvalue weighted by molar-refractivity contribution is 7.14. The second kappa shape index (κ2) is 8.55. The van der Waals surface area contributed by atoms with Crippen LogP contribution in [0.2, 0.25) is 0 Å². The molecule has 0 saturated carbocycles. The van der Waals surface area contributed by atoms with E-state index in [4.69, 9.17) is 4.98 Å². The van der Waals surface area contributed by atoms with Gasteiger partial charge in [-0.3, -0.25) is 14.6 Å². The van der Waals surface area contributed by atoms with E-state index in [2.05, 4.69) is 46.8 Å². The molecule has 1 aliphatic heterocycles. The molecule has 146 valence electrons. The van der Waals surface area contributed by atoms with Gasteiger partial charge in [-0.05, 0) is 54.9 Å². The lowest BCUT2D eigenvalue weighted by Gasteiger charge is -2.22. The molecule has 1 fully saturated rings. The van der Waals surface area contributed by atoms with Gasteiger partial charge in [-0.25, -0.2) is 4.98 Å². The van der Waals surface area contributed by atoms with Crippen molar-refractivity contribution in [3.05, 3.63) is 63.3 Å². The van der Waals surface area contributed by atoms with Gasteiger partial charge in [-0.1, -0.05) is 25.1 Å². The summed E-state index contributed by atoms with van der Waals surface area (Å²) in [5.74, 6) is -0.0113. The molecule has 0 spiro atoms. The maximum atomic E-state index is 12.3. The summed E-state index contributed by atoms with van der Waals surface area (Å²) < 4.78 is 0. The molecule has 0 N–H and O–H groups in total. The van der Waals surface area contributed by atoms with E-state index < -0.39 is 0 Å². The van der Waals surface area contributed by atoms with Crippen molar-refractivity contribution in [1.82, 2.24) is 9.88 Å². The van der Waals surface area contributed by atoms with Crippen LogP contribution in [0.1, 0.15) is 48.9 Å². The quantitative estimate of drug-likeness (QED) is 0.515. The van der Waals surface area contributed by atoms with E-state index in [-0.39, 0.29) is 5.91 Å². The summed E-state index contributed by atoms with van der Waals surface area (Å²) in [7, 11) is 0. The first-order valence-electron chi connectivity index (χ1n) is 9.77. The molecule has 3 heterocycles. The lowest BCUT2D eigenvalue weighted by molar-refractivity contribution is -0.115. The van der Waals surface area contributed by atoms with E-state index in [9.17, 15) is 4.79 Å². The van der Waals surface area contributed by atoms with Crippen LogP contribution in [0.5, 0.6) is 0 Å². The number of rotatable bonds is 6. The molecule has 2 aromatic heterocycles. The van der Waals surface area contributed by atoms with Crippen LogP contribution in [0.25, 0.3) is 0 Å². The number of anilines is 2. The zero-order valence-electron chi connectivity index (χ0n) is 16.3. The van der Waals surface area contributed by atoms with Crippen molar-refractivity contribution < 1.29 is 4.79 Å². The van der Waals surface area contributed by atoms with Crippen molar-refractivity contribution in [2.45, 2.75) is 45.7 Å². The van der Waals surface area contributed by atoms with Gasteiger partial charge in [0, 0.05) is 29.8 Å². The van der Waals surface area contributed by atoms with Crippen LogP contribution >= 0.6 is 22.7 Å². The Kier molecular flexibility index (Phi) is 5.90. The van der Waals surface area contributed by atoms with E-state index in [1.165, 1.54) is 23.3 Å².